The van der Waals surface area contributed by atoms with Crippen LogP contribution in [0.4, 0.5) is 5.69 Å². The molecule has 158 valence electrons. The summed E-state index contributed by atoms with van der Waals surface area (Å²) < 4.78 is 0. The van der Waals surface area contributed by atoms with Crippen molar-refractivity contribution in [2.24, 2.45) is 0 Å². The van der Waals surface area contributed by atoms with Crippen LogP contribution < -0.4 is 10.9 Å². The standard InChI is InChI=1S/C25H19N3O4/c29-20(30)15-16-11-13-19(14-12-16)26-24(31)22-21(17-7-3-1-4-8-17)23(27-28-25(22)32)18-9-5-2-6-10-18/h1-14H,15H2,(H,26,31)(H,28,32)(H,29,30). The number of rotatable bonds is 6. The number of hydrogen-bond acceptors (Lipinski definition) is 4. The Balaban J connectivity index is 1.78. The molecule has 0 aliphatic carbocycles. The van der Waals surface area contributed by atoms with Crippen molar-refractivity contribution >= 4 is 17.6 Å². The molecule has 1 amide bonds. The van der Waals surface area contributed by atoms with Gasteiger partial charge in [-0.25, -0.2) is 5.10 Å². The van der Waals surface area contributed by atoms with Crippen LogP contribution >= 0.6 is 0 Å². The highest BCUT2D eigenvalue weighted by Crippen LogP contribution is 2.31. The molecule has 0 unspecified atom stereocenters. The van der Waals surface area contributed by atoms with Gasteiger partial charge in [0.2, 0.25) is 0 Å². The Morgan fingerprint density at radius 3 is 2.03 bits per heavy atom. The van der Waals surface area contributed by atoms with Crippen LogP contribution in [0.15, 0.2) is 89.7 Å². The molecule has 0 saturated carbocycles. The third-order valence-electron chi connectivity index (χ3n) is 4.89. The molecule has 0 spiro atoms. The smallest absolute Gasteiger partial charge is 0.307 e. The molecule has 7 nitrogen and oxygen atoms in total. The lowest BCUT2D eigenvalue weighted by Gasteiger charge is -2.14. The molecule has 0 fully saturated rings. The molecule has 3 aromatic carbocycles. The van der Waals surface area contributed by atoms with Crippen LogP contribution in [0, 0.1) is 0 Å². The zero-order chi connectivity index (χ0) is 22.5. The molecule has 32 heavy (non-hydrogen) atoms. The van der Waals surface area contributed by atoms with Gasteiger partial charge in [0.15, 0.2) is 0 Å². The van der Waals surface area contributed by atoms with Crippen molar-refractivity contribution in [1.82, 2.24) is 10.2 Å². The Labute approximate surface area is 183 Å². The van der Waals surface area contributed by atoms with Crippen LogP contribution in [-0.2, 0) is 11.2 Å². The Kier molecular flexibility index (Phi) is 5.89. The summed E-state index contributed by atoms with van der Waals surface area (Å²) in [6, 6.07) is 24.9. The molecule has 1 heterocycles. The maximum Gasteiger partial charge on any atom is 0.307 e. The van der Waals surface area contributed by atoms with Gasteiger partial charge in [-0.1, -0.05) is 72.8 Å². The number of aliphatic carboxylic acids is 1. The number of aromatic nitrogens is 2. The number of amides is 1. The monoisotopic (exact) mass is 425 g/mol. The molecule has 0 aliphatic rings. The van der Waals surface area contributed by atoms with Gasteiger partial charge in [0.1, 0.15) is 5.56 Å². The lowest BCUT2D eigenvalue weighted by Crippen LogP contribution is -2.26. The van der Waals surface area contributed by atoms with Crippen LogP contribution in [0.1, 0.15) is 15.9 Å². The van der Waals surface area contributed by atoms with Crippen molar-refractivity contribution in [3.05, 3.63) is 106 Å². The van der Waals surface area contributed by atoms with Crippen LogP contribution in [0.3, 0.4) is 0 Å². The average molecular weight is 425 g/mol. The molecular formula is C25H19N3O4. The second-order valence-electron chi connectivity index (χ2n) is 7.10. The van der Waals surface area contributed by atoms with E-state index >= 15 is 0 Å². The first-order valence-corrected chi connectivity index (χ1v) is 9.88. The second-order valence-corrected chi connectivity index (χ2v) is 7.10. The number of nitrogens with zero attached hydrogens (tertiary/aromatic N) is 1. The second kappa shape index (κ2) is 9.09. The van der Waals surface area contributed by atoms with E-state index in [1.807, 2.05) is 60.7 Å². The van der Waals surface area contributed by atoms with Crippen molar-refractivity contribution in [2.75, 3.05) is 5.32 Å². The average Bonchev–Trinajstić information content (AvgIpc) is 2.81. The van der Waals surface area contributed by atoms with E-state index in [1.54, 1.807) is 24.3 Å². The number of hydrogen-bond donors (Lipinski definition) is 3. The van der Waals surface area contributed by atoms with Gasteiger partial charge in [0.25, 0.3) is 11.5 Å². The fourth-order valence-corrected chi connectivity index (χ4v) is 3.43. The van der Waals surface area contributed by atoms with Crippen LogP contribution in [0.2, 0.25) is 0 Å². The number of carbonyl (C=O) groups is 2. The van der Waals surface area contributed by atoms with E-state index in [2.05, 4.69) is 15.5 Å². The molecule has 0 radical (unpaired) electrons. The van der Waals surface area contributed by atoms with E-state index in [0.29, 0.717) is 28.1 Å². The van der Waals surface area contributed by atoms with Crippen molar-refractivity contribution in [3.8, 4) is 22.4 Å². The summed E-state index contributed by atoms with van der Waals surface area (Å²) in [5.41, 5.74) is 2.75. The van der Waals surface area contributed by atoms with Crippen molar-refractivity contribution in [1.29, 1.82) is 0 Å². The summed E-state index contributed by atoms with van der Waals surface area (Å²) >= 11 is 0. The molecule has 0 aliphatic heterocycles. The minimum atomic E-state index is -0.939. The number of aromatic amines is 1. The first-order valence-electron chi connectivity index (χ1n) is 9.88. The highest BCUT2D eigenvalue weighted by molar-refractivity contribution is 6.10. The predicted octanol–water partition coefficient (Wildman–Crippen LogP) is 3.98. The maximum absolute atomic E-state index is 13.2. The Hall–Kier alpha value is -4.52. The number of H-pyrrole nitrogens is 1. The van der Waals surface area contributed by atoms with E-state index in [0.717, 1.165) is 5.56 Å². The Morgan fingerprint density at radius 1 is 0.844 bits per heavy atom. The summed E-state index contributed by atoms with van der Waals surface area (Å²) in [4.78, 5) is 36.8. The number of carboxylic acids is 1. The summed E-state index contributed by atoms with van der Waals surface area (Å²) in [5, 5.41) is 18.3. The van der Waals surface area contributed by atoms with Crippen LogP contribution in [0.25, 0.3) is 22.4 Å². The van der Waals surface area contributed by atoms with Crippen molar-refractivity contribution in [2.45, 2.75) is 6.42 Å². The minimum absolute atomic E-state index is 0.0559. The zero-order valence-corrected chi connectivity index (χ0v) is 16.9. The molecule has 1 aromatic heterocycles. The molecule has 7 heteroatoms. The lowest BCUT2D eigenvalue weighted by molar-refractivity contribution is -0.136. The number of carbonyl (C=O) groups excluding carboxylic acids is 1. The normalized spacial score (nSPS) is 10.5. The fourth-order valence-electron chi connectivity index (χ4n) is 3.43. The summed E-state index contributed by atoms with van der Waals surface area (Å²) in [6.07, 6.45) is -0.114. The van der Waals surface area contributed by atoms with Gasteiger partial charge >= 0.3 is 5.97 Å². The van der Waals surface area contributed by atoms with E-state index in [-0.39, 0.29) is 12.0 Å². The molecule has 0 bridgehead atoms. The van der Waals surface area contributed by atoms with Crippen molar-refractivity contribution in [3.63, 3.8) is 0 Å². The largest absolute Gasteiger partial charge is 0.481 e. The number of carboxylic acid groups (broad SMARTS) is 1. The van der Waals surface area contributed by atoms with Gasteiger partial charge in [-0.05, 0) is 23.3 Å². The molecule has 4 rings (SSSR count). The van der Waals surface area contributed by atoms with Crippen molar-refractivity contribution < 1.29 is 14.7 Å². The summed E-state index contributed by atoms with van der Waals surface area (Å²) in [7, 11) is 0. The highest BCUT2D eigenvalue weighted by atomic mass is 16.4. The van der Waals surface area contributed by atoms with Crippen LogP contribution in [-0.4, -0.2) is 27.2 Å². The quantitative estimate of drug-likeness (QED) is 0.433. The molecular weight excluding hydrogens is 406 g/mol. The SMILES string of the molecule is O=C(O)Cc1ccc(NC(=O)c2c(-c3ccccc3)c(-c3ccccc3)n[nH]c2=O)cc1. The molecule has 0 atom stereocenters. The summed E-state index contributed by atoms with van der Waals surface area (Å²) in [6.45, 7) is 0. The number of benzene rings is 3. The van der Waals surface area contributed by atoms with Crippen LogP contribution in [0.5, 0.6) is 0 Å². The maximum atomic E-state index is 13.2. The number of nitrogens with one attached hydrogen (secondary N) is 2. The first kappa shape index (κ1) is 20.7. The molecule has 0 saturated heterocycles. The van der Waals surface area contributed by atoms with Gasteiger partial charge in [-0.15, -0.1) is 0 Å². The highest BCUT2D eigenvalue weighted by Gasteiger charge is 2.23. The number of anilines is 1. The van der Waals surface area contributed by atoms with Gasteiger partial charge in [0, 0.05) is 16.8 Å². The van der Waals surface area contributed by atoms with Gasteiger partial charge in [0.05, 0.1) is 12.1 Å². The van der Waals surface area contributed by atoms with Gasteiger partial charge < -0.3 is 10.4 Å². The Bertz CT molecular complexity index is 1320. The van der Waals surface area contributed by atoms with E-state index in [9.17, 15) is 14.4 Å². The lowest BCUT2D eigenvalue weighted by atomic mass is 9.95. The Morgan fingerprint density at radius 2 is 1.44 bits per heavy atom. The first-order chi connectivity index (χ1) is 15.5. The van der Waals surface area contributed by atoms with Gasteiger partial charge in [-0.3, -0.25) is 14.4 Å². The third-order valence-corrected chi connectivity index (χ3v) is 4.89. The third kappa shape index (κ3) is 4.46. The molecule has 3 N–H and O–H groups in total. The predicted molar refractivity (Wildman–Crippen MR) is 121 cm³/mol. The van der Waals surface area contributed by atoms with Gasteiger partial charge in [-0.2, -0.15) is 5.10 Å². The minimum Gasteiger partial charge on any atom is -0.481 e. The topological polar surface area (TPSA) is 112 Å². The zero-order valence-electron chi connectivity index (χ0n) is 16.9. The van der Waals surface area contributed by atoms with E-state index in [4.69, 9.17) is 5.11 Å². The molecule has 4 aromatic rings. The fraction of sp³-hybridized carbons (Fsp3) is 0.0400. The van der Waals surface area contributed by atoms with E-state index in [1.165, 1.54) is 0 Å². The van der Waals surface area contributed by atoms with E-state index < -0.39 is 17.4 Å². The summed E-state index contributed by atoms with van der Waals surface area (Å²) in [5.74, 6) is -1.53.